The van der Waals surface area contributed by atoms with Crippen LogP contribution in [-0.4, -0.2) is 10.5 Å². The van der Waals surface area contributed by atoms with Crippen molar-refractivity contribution in [3.05, 3.63) is 50.0 Å². The monoisotopic (exact) mass is 340 g/mol. The second-order valence-corrected chi connectivity index (χ2v) is 7.51. The molecule has 0 unspecified atom stereocenters. The van der Waals surface area contributed by atoms with Gasteiger partial charge >= 0.3 is 0 Å². The molecule has 1 amide bonds. The van der Waals surface area contributed by atoms with Gasteiger partial charge in [-0.1, -0.05) is 38.4 Å². The van der Waals surface area contributed by atoms with Crippen molar-refractivity contribution in [2.45, 2.75) is 33.1 Å². The van der Waals surface area contributed by atoms with Crippen molar-refractivity contribution in [2.24, 2.45) is 12.0 Å². The SMILES string of the molecule is Cc1c(C(C)(C)C)sc(=NC(=O)c2cccc(Cl)c2F)n1C. The van der Waals surface area contributed by atoms with E-state index in [0.717, 1.165) is 10.6 Å². The molecule has 0 saturated heterocycles. The quantitative estimate of drug-likeness (QED) is 0.765. The molecule has 0 aliphatic heterocycles. The number of aromatic nitrogens is 1. The summed E-state index contributed by atoms with van der Waals surface area (Å²) in [4.78, 5) is 18.0. The van der Waals surface area contributed by atoms with Crippen molar-refractivity contribution in [3.63, 3.8) is 0 Å². The van der Waals surface area contributed by atoms with Gasteiger partial charge in [0.2, 0.25) is 0 Å². The van der Waals surface area contributed by atoms with Crippen LogP contribution in [0, 0.1) is 12.7 Å². The van der Waals surface area contributed by atoms with Crippen LogP contribution in [0.4, 0.5) is 4.39 Å². The topological polar surface area (TPSA) is 34.4 Å². The molecular formula is C16H18ClFN2OS. The Labute approximate surface area is 138 Å². The molecule has 2 aromatic rings. The van der Waals surface area contributed by atoms with Gasteiger partial charge in [-0.15, -0.1) is 11.3 Å². The van der Waals surface area contributed by atoms with E-state index < -0.39 is 11.7 Å². The second kappa shape index (κ2) is 5.97. The van der Waals surface area contributed by atoms with Gasteiger partial charge in [0.25, 0.3) is 5.91 Å². The van der Waals surface area contributed by atoms with Crippen molar-refractivity contribution in [1.29, 1.82) is 0 Å². The van der Waals surface area contributed by atoms with Gasteiger partial charge in [-0.3, -0.25) is 4.79 Å². The zero-order valence-corrected chi connectivity index (χ0v) is 14.8. The van der Waals surface area contributed by atoms with Crippen molar-refractivity contribution in [3.8, 4) is 0 Å². The molecule has 0 bridgehead atoms. The Morgan fingerprint density at radius 1 is 1.36 bits per heavy atom. The number of amides is 1. The molecule has 0 saturated carbocycles. The summed E-state index contributed by atoms with van der Waals surface area (Å²) in [6.45, 7) is 8.30. The molecule has 6 heteroatoms. The molecule has 0 radical (unpaired) electrons. The molecule has 2 rings (SSSR count). The highest BCUT2D eigenvalue weighted by Gasteiger charge is 2.21. The van der Waals surface area contributed by atoms with E-state index >= 15 is 0 Å². The first-order chi connectivity index (χ1) is 10.1. The normalized spacial score (nSPS) is 12.8. The molecule has 0 fully saturated rings. The lowest BCUT2D eigenvalue weighted by molar-refractivity contribution is 0.0994. The van der Waals surface area contributed by atoms with Crippen LogP contribution < -0.4 is 4.80 Å². The van der Waals surface area contributed by atoms with Gasteiger partial charge < -0.3 is 4.57 Å². The highest BCUT2D eigenvalue weighted by Crippen LogP contribution is 2.27. The van der Waals surface area contributed by atoms with Crippen molar-refractivity contribution >= 4 is 28.8 Å². The number of halogens is 2. The Balaban J connectivity index is 2.55. The van der Waals surface area contributed by atoms with Crippen LogP contribution in [0.15, 0.2) is 23.2 Å². The van der Waals surface area contributed by atoms with E-state index in [4.69, 9.17) is 11.6 Å². The smallest absolute Gasteiger partial charge is 0.282 e. The van der Waals surface area contributed by atoms with Crippen LogP contribution in [-0.2, 0) is 12.5 Å². The maximum absolute atomic E-state index is 13.9. The van der Waals surface area contributed by atoms with E-state index in [1.807, 2.05) is 18.5 Å². The fraction of sp³-hybridized carbons (Fsp3) is 0.375. The van der Waals surface area contributed by atoms with Crippen LogP contribution in [0.1, 0.15) is 41.7 Å². The van der Waals surface area contributed by atoms with Gasteiger partial charge in [-0.2, -0.15) is 4.99 Å². The zero-order valence-electron chi connectivity index (χ0n) is 13.2. The summed E-state index contributed by atoms with van der Waals surface area (Å²) in [5.41, 5.74) is 0.899. The van der Waals surface area contributed by atoms with Crippen molar-refractivity contribution in [1.82, 2.24) is 4.57 Å². The van der Waals surface area contributed by atoms with Crippen LogP contribution >= 0.6 is 22.9 Å². The number of benzene rings is 1. The maximum Gasteiger partial charge on any atom is 0.282 e. The molecule has 0 N–H and O–H groups in total. The molecule has 118 valence electrons. The Hall–Kier alpha value is -1.46. The Bertz CT molecular complexity index is 799. The average Bonchev–Trinajstić information content (AvgIpc) is 2.70. The summed E-state index contributed by atoms with van der Waals surface area (Å²) in [5, 5.41) is -0.0804. The highest BCUT2D eigenvalue weighted by molar-refractivity contribution is 7.09. The fourth-order valence-corrected chi connectivity index (χ4v) is 3.49. The van der Waals surface area contributed by atoms with Gasteiger partial charge in [-0.05, 0) is 24.5 Å². The number of carbonyl (C=O) groups is 1. The van der Waals surface area contributed by atoms with Gasteiger partial charge in [0.1, 0.15) is 0 Å². The number of thiazole rings is 1. The van der Waals surface area contributed by atoms with Crippen molar-refractivity contribution in [2.75, 3.05) is 0 Å². The highest BCUT2D eigenvalue weighted by atomic mass is 35.5. The van der Waals surface area contributed by atoms with Gasteiger partial charge in [0.15, 0.2) is 10.6 Å². The van der Waals surface area contributed by atoms with E-state index in [9.17, 15) is 9.18 Å². The Kier molecular flexibility index (Phi) is 4.59. The molecule has 1 heterocycles. The number of rotatable bonds is 1. The average molecular weight is 341 g/mol. The first kappa shape index (κ1) is 16.9. The van der Waals surface area contributed by atoms with E-state index in [2.05, 4.69) is 25.8 Å². The molecular weight excluding hydrogens is 323 g/mol. The fourth-order valence-electron chi connectivity index (χ4n) is 2.14. The lowest BCUT2D eigenvalue weighted by Gasteiger charge is -2.17. The predicted molar refractivity (Wildman–Crippen MR) is 88.0 cm³/mol. The first-order valence-electron chi connectivity index (χ1n) is 6.83. The molecule has 0 aliphatic carbocycles. The molecule has 0 spiro atoms. The molecule has 0 aliphatic rings. The Morgan fingerprint density at radius 3 is 2.55 bits per heavy atom. The van der Waals surface area contributed by atoms with Crippen LogP contribution in [0.5, 0.6) is 0 Å². The Morgan fingerprint density at radius 2 is 2.00 bits per heavy atom. The summed E-state index contributed by atoms with van der Waals surface area (Å²) in [6, 6.07) is 4.33. The lowest BCUT2D eigenvalue weighted by atomic mass is 9.93. The minimum Gasteiger partial charge on any atom is -0.324 e. The molecule has 0 atom stereocenters. The van der Waals surface area contributed by atoms with Gasteiger partial charge in [-0.25, -0.2) is 4.39 Å². The minimum absolute atomic E-state index is 0.0371. The van der Waals surface area contributed by atoms with E-state index in [1.165, 1.54) is 29.5 Å². The lowest BCUT2D eigenvalue weighted by Crippen LogP contribution is -2.15. The number of hydrogen-bond acceptors (Lipinski definition) is 2. The van der Waals surface area contributed by atoms with Crippen LogP contribution in [0.25, 0.3) is 0 Å². The van der Waals surface area contributed by atoms with E-state index in [0.29, 0.717) is 4.80 Å². The first-order valence-corrected chi connectivity index (χ1v) is 8.02. The second-order valence-electron chi connectivity index (χ2n) is 6.13. The van der Waals surface area contributed by atoms with Crippen molar-refractivity contribution < 1.29 is 9.18 Å². The summed E-state index contributed by atoms with van der Waals surface area (Å²) in [6.07, 6.45) is 0. The number of nitrogens with zero attached hydrogens (tertiary/aromatic N) is 2. The standard InChI is InChI=1S/C16H18ClFN2OS/c1-9-13(16(2,3)4)22-15(20(9)5)19-14(21)10-7-6-8-11(17)12(10)18/h6-8H,1-5H3. The third-order valence-corrected chi connectivity index (χ3v) is 5.32. The third kappa shape index (κ3) is 3.15. The molecule has 1 aromatic heterocycles. The van der Waals surface area contributed by atoms with Crippen LogP contribution in [0.3, 0.4) is 0 Å². The molecule has 3 nitrogen and oxygen atoms in total. The minimum atomic E-state index is -0.732. The third-order valence-electron chi connectivity index (χ3n) is 3.37. The maximum atomic E-state index is 13.9. The van der Waals surface area contributed by atoms with Crippen LogP contribution in [0.2, 0.25) is 5.02 Å². The molecule has 1 aromatic carbocycles. The molecule has 22 heavy (non-hydrogen) atoms. The van der Waals surface area contributed by atoms with Gasteiger partial charge in [0.05, 0.1) is 10.6 Å². The summed E-state index contributed by atoms with van der Waals surface area (Å²) in [7, 11) is 1.85. The van der Waals surface area contributed by atoms with Gasteiger partial charge in [0, 0.05) is 17.6 Å². The summed E-state index contributed by atoms with van der Waals surface area (Å²) in [5.74, 6) is -1.36. The number of carbonyl (C=O) groups excluding carboxylic acids is 1. The summed E-state index contributed by atoms with van der Waals surface area (Å²) < 4.78 is 15.8. The number of hydrogen-bond donors (Lipinski definition) is 0. The van der Waals surface area contributed by atoms with E-state index in [1.54, 1.807) is 0 Å². The predicted octanol–water partition coefficient (Wildman–Crippen LogP) is 4.23. The largest absolute Gasteiger partial charge is 0.324 e. The van der Waals surface area contributed by atoms with E-state index in [-0.39, 0.29) is 16.0 Å². The zero-order chi connectivity index (χ0) is 16.7. The summed E-state index contributed by atoms with van der Waals surface area (Å²) >= 11 is 7.16.